The van der Waals surface area contributed by atoms with Crippen molar-refractivity contribution in [3.05, 3.63) is 67.2 Å². The van der Waals surface area contributed by atoms with Crippen LogP contribution in [0.2, 0.25) is 0 Å². The predicted octanol–water partition coefficient (Wildman–Crippen LogP) is 2.30. The van der Waals surface area contributed by atoms with E-state index in [0.29, 0.717) is 46.6 Å². The SMILES string of the molecule is CCOC(=O)c1sc2c(c1C)c(=O)n(CCCN)c(=O)n2CCc1ccccc1. The van der Waals surface area contributed by atoms with Gasteiger partial charge in [-0.15, -0.1) is 11.3 Å². The van der Waals surface area contributed by atoms with Gasteiger partial charge in [-0.3, -0.25) is 13.9 Å². The Labute approximate surface area is 172 Å². The number of ether oxygens (including phenoxy) is 1. The van der Waals surface area contributed by atoms with Crippen molar-refractivity contribution in [3.8, 4) is 0 Å². The van der Waals surface area contributed by atoms with E-state index in [9.17, 15) is 14.4 Å². The van der Waals surface area contributed by atoms with Crippen LogP contribution in [0.3, 0.4) is 0 Å². The minimum atomic E-state index is -0.471. The Balaban J connectivity index is 2.18. The normalized spacial score (nSPS) is 11.1. The first-order valence-electron chi connectivity index (χ1n) is 9.67. The first-order chi connectivity index (χ1) is 14.0. The molecular weight excluding hydrogens is 390 g/mol. The number of rotatable bonds is 8. The van der Waals surface area contributed by atoms with Crippen molar-refractivity contribution in [1.82, 2.24) is 9.13 Å². The fourth-order valence-electron chi connectivity index (χ4n) is 3.32. The summed E-state index contributed by atoms with van der Waals surface area (Å²) in [6, 6.07) is 9.83. The van der Waals surface area contributed by atoms with Crippen molar-refractivity contribution in [3.63, 3.8) is 0 Å². The van der Waals surface area contributed by atoms with Crippen molar-refractivity contribution < 1.29 is 9.53 Å². The maximum absolute atomic E-state index is 13.1. The molecule has 3 rings (SSSR count). The van der Waals surface area contributed by atoms with Crippen molar-refractivity contribution in [2.24, 2.45) is 5.73 Å². The van der Waals surface area contributed by atoms with Gasteiger partial charge in [-0.1, -0.05) is 30.3 Å². The summed E-state index contributed by atoms with van der Waals surface area (Å²) in [6.07, 6.45) is 1.16. The zero-order valence-electron chi connectivity index (χ0n) is 16.6. The van der Waals surface area contributed by atoms with Gasteiger partial charge in [0, 0.05) is 13.1 Å². The molecule has 0 atom stereocenters. The van der Waals surface area contributed by atoms with Crippen LogP contribution in [-0.2, 0) is 24.2 Å². The zero-order chi connectivity index (χ0) is 21.0. The first kappa shape index (κ1) is 21.0. The molecule has 2 aromatic heterocycles. The molecule has 154 valence electrons. The third-order valence-corrected chi connectivity index (χ3v) is 6.10. The number of aryl methyl sites for hydroxylation is 3. The monoisotopic (exact) mass is 415 g/mol. The van der Waals surface area contributed by atoms with Gasteiger partial charge in [-0.2, -0.15) is 0 Å². The smallest absolute Gasteiger partial charge is 0.348 e. The van der Waals surface area contributed by atoms with Crippen LogP contribution in [0.25, 0.3) is 10.2 Å². The summed E-state index contributed by atoms with van der Waals surface area (Å²) in [5.41, 5.74) is 6.49. The molecule has 0 unspecified atom stereocenters. The molecule has 0 fully saturated rings. The van der Waals surface area contributed by atoms with Crippen LogP contribution in [0.15, 0.2) is 39.9 Å². The summed E-state index contributed by atoms with van der Waals surface area (Å²) in [6.45, 7) is 4.74. The topological polar surface area (TPSA) is 96.3 Å². The number of hydrogen-bond donors (Lipinski definition) is 1. The van der Waals surface area contributed by atoms with Crippen LogP contribution in [0, 0.1) is 6.92 Å². The van der Waals surface area contributed by atoms with E-state index in [2.05, 4.69) is 0 Å². The summed E-state index contributed by atoms with van der Waals surface area (Å²) >= 11 is 1.14. The van der Waals surface area contributed by atoms with Crippen LogP contribution in [0.4, 0.5) is 0 Å². The highest BCUT2D eigenvalue weighted by Crippen LogP contribution is 2.28. The second-order valence-electron chi connectivity index (χ2n) is 6.73. The van der Waals surface area contributed by atoms with Gasteiger partial charge in [0.2, 0.25) is 0 Å². The number of fused-ring (bicyclic) bond motifs is 1. The molecule has 2 heterocycles. The fraction of sp³-hybridized carbons (Fsp3) is 0.381. The van der Waals surface area contributed by atoms with E-state index in [-0.39, 0.29) is 24.4 Å². The average molecular weight is 416 g/mol. The Morgan fingerprint density at radius 1 is 1.14 bits per heavy atom. The van der Waals surface area contributed by atoms with Crippen molar-refractivity contribution in [1.29, 1.82) is 0 Å². The number of thiophene rings is 1. The fourth-order valence-corrected chi connectivity index (χ4v) is 4.53. The maximum atomic E-state index is 13.1. The lowest BCUT2D eigenvalue weighted by Gasteiger charge is -2.12. The van der Waals surface area contributed by atoms with Gasteiger partial charge in [-0.05, 0) is 44.4 Å². The van der Waals surface area contributed by atoms with Crippen LogP contribution in [0.5, 0.6) is 0 Å². The molecule has 8 heteroatoms. The van der Waals surface area contributed by atoms with E-state index in [1.54, 1.807) is 18.4 Å². The molecule has 0 saturated carbocycles. The third-order valence-electron chi connectivity index (χ3n) is 4.81. The van der Waals surface area contributed by atoms with Gasteiger partial charge in [0.05, 0.1) is 12.0 Å². The van der Waals surface area contributed by atoms with Crippen molar-refractivity contribution >= 4 is 27.5 Å². The second-order valence-corrected chi connectivity index (χ2v) is 7.72. The highest BCUT2D eigenvalue weighted by molar-refractivity contribution is 7.20. The number of nitrogens with zero attached hydrogens (tertiary/aromatic N) is 2. The van der Waals surface area contributed by atoms with Crippen molar-refractivity contribution in [2.45, 2.75) is 39.8 Å². The zero-order valence-corrected chi connectivity index (χ0v) is 17.5. The molecule has 0 aliphatic carbocycles. The van der Waals surface area contributed by atoms with E-state index < -0.39 is 5.97 Å². The van der Waals surface area contributed by atoms with Gasteiger partial charge in [0.25, 0.3) is 5.56 Å². The average Bonchev–Trinajstić information content (AvgIpc) is 3.06. The van der Waals surface area contributed by atoms with Gasteiger partial charge in [-0.25, -0.2) is 9.59 Å². The summed E-state index contributed by atoms with van der Waals surface area (Å²) in [5.74, 6) is -0.471. The van der Waals surface area contributed by atoms with Crippen LogP contribution >= 0.6 is 11.3 Å². The van der Waals surface area contributed by atoms with Gasteiger partial charge in [0.1, 0.15) is 9.71 Å². The second kappa shape index (κ2) is 9.19. The number of esters is 1. The Morgan fingerprint density at radius 2 is 1.86 bits per heavy atom. The molecular formula is C21H25N3O4S. The Hall–Kier alpha value is -2.71. The van der Waals surface area contributed by atoms with Gasteiger partial charge < -0.3 is 10.5 Å². The lowest BCUT2D eigenvalue weighted by Crippen LogP contribution is -2.40. The lowest BCUT2D eigenvalue weighted by molar-refractivity contribution is 0.0531. The highest BCUT2D eigenvalue weighted by Gasteiger charge is 2.23. The third kappa shape index (κ3) is 4.18. The van der Waals surface area contributed by atoms with E-state index in [1.165, 1.54) is 4.57 Å². The number of nitrogens with two attached hydrogens (primary N) is 1. The van der Waals surface area contributed by atoms with Crippen LogP contribution in [-0.4, -0.2) is 28.3 Å². The Kier molecular flexibility index (Phi) is 6.66. The standard InChI is InChI=1S/C21H25N3O4S/c1-3-28-20(26)17-14(2)16-18(25)23(12-7-11-22)21(27)24(19(16)29-17)13-10-15-8-5-4-6-9-15/h4-6,8-9H,3,7,10-13,22H2,1-2H3. The number of carbonyl (C=O) groups excluding carboxylic acids is 1. The van der Waals surface area contributed by atoms with Gasteiger partial charge in [0.15, 0.2) is 0 Å². The molecule has 0 bridgehead atoms. The molecule has 0 spiro atoms. The molecule has 0 saturated heterocycles. The number of carbonyl (C=O) groups is 1. The molecule has 7 nitrogen and oxygen atoms in total. The molecule has 29 heavy (non-hydrogen) atoms. The molecule has 0 radical (unpaired) electrons. The summed E-state index contributed by atoms with van der Waals surface area (Å²) < 4.78 is 7.96. The summed E-state index contributed by atoms with van der Waals surface area (Å²) in [7, 11) is 0. The number of hydrogen-bond acceptors (Lipinski definition) is 6. The van der Waals surface area contributed by atoms with Crippen LogP contribution < -0.4 is 17.0 Å². The van der Waals surface area contributed by atoms with E-state index in [4.69, 9.17) is 10.5 Å². The molecule has 0 aliphatic heterocycles. The van der Waals surface area contributed by atoms with E-state index in [0.717, 1.165) is 16.9 Å². The minimum Gasteiger partial charge on any atom is -0.462 e. The molecule has 3 aromatic rings. The lowest BCUT2D eigenvalue weighted by atomic mass is 10.1. The number of aromatic nitrogens is 2. The number of benzene rings is 1. The highest BCUT2D eigenvalue weighted by atomic mass is 32.1. The Morgan fingerprint density at radius 3 is 2.52 bits per heavy atom. The van der Waals surface area contributed by atoms with Gasteiger partial charge >= 0.3 is 11.7 Å². The molecule has 2 N–H and O–H groups in total. The van der Waals surface area contributed by atoms with Crippen LogP contribution in [0.1, 0.15) is 34.1 Å². The van der Waals surface area contributed by atoms with Crippen molar-refractivity contribution in [2.75, 3.05) is 13.2 Å². The molecule has 0 amide bonds. The summed E-state index contributed by atoms with van der Waals surface area (Å²) in [5, 5.41) is 0.405. The Bertz CT molecular complexity index is 1130. The molecule has 0 aliphatic rings. The van der Waals surface area contributed by atoms with E-state index in [1.807, 2.05) is 30.3 Å². The first-order valence-corrected chi connectivity index (χ1v) is 10.5. The quantitative estimate of drug-likeness (QED) is 0.570. The largest absolute Gasteiger partial charge is 0.462 e. The van der Waals surface area contributed by atoms with E-state index >= 15 is 0 Å². The minimum absolute atomic E-state index is 0.244. The predicted molar refractivity (Wildman–Crippen MR) is 115 cm³/mol. The maximum Gasteiger partial charge on any atom is 0.348 e. The molecule has 1 aromatic carbocycles. The summed E-state index contributed by atoms with van der Waals surface area (Å²) in [4.78, 5) is 39.4.